The first-order chi connectivity index (χ1) is 17.7. The van der Waals surface area contributed by atoms with Crippen LogP contribution in [0.25, 0.3) is 0 Å². The van der Waals surface area contributed by atoms with Crippen molar-refractivity contribution in [2.45, 2.75) is 32.0 Å². The summed E-state index contributed by atoms with van der Waals surface area (Å²) in [6.45, 7) is 6.16. The molecule has 5 nitrogen and oxygen atoms in total. The molecule has 0 N–H and O–H groups in total. The molecule has 6 rings (SSSR count). The summed E-state index contributed by atoms with van der Waals surface area (Å²) in [7, 11) is 0. The summed E-state index contributed by atoms with van der Waals surface area (Å²) in [5.74, 6) is 0.464. The van der Waals surface area contributed by atoms with Crippen molar-refractivity contribution < 1.29 is 18.8 Å². The number of quaternary nitrogens is 1. The van der Waals surface area contributed by atoms with Crippen molar-refractivity contribution in [3.05, 3.63) is 102 Å². The number of rotatable bonds is 10. The van der Waals surface area contributed by atoms with E-state index in [1.165, 1.54) is 11.1 Å². The molecule has 5 heteroatoms. The highest BCUT2D eigenvalue weighted by atomic mass is 16.6. The summed E-state index contributed by atoms with van der Waals surface area (Å²) in [5, 5.41) is 0. The molecular formula is C31H37N2O3+. The normalized spacial score (nSPS) is 22.8. The van der Waals surface area contributed by atoms with Gasteiger partial charge in [-0.05, 0) is 29.7 Å². The second kappa shape index (κ2) is 11.7. The molecule has 0 aromatic heterocycles. The summed E-state index contributed by atoms with van der Waals surface area (Å²) in [5.41, 5.74) is 3.31. The Hall–Kier alpha value is -3.15. The van der Waals surface area contributed by atoms with E-state index in [1.54, 1.807) is 4.90 Å². The lowest BCUT2D eigenvalue weighted by atomic mass is 9.83. The zero-order chi connectivity index (χ0) is 24.6. The Bertz CT molecular complexity index is 1080. The van der Waals surface area contributed by atoms with Crippen molar-refractivity contribution in [3.8, 4) is 0 Å². The lowest BCUT2D eigenvalue weighted by Crippen LogP contribution is -2.65. The topological polar surface area (TPSA) is 38.8 Å². The first-order valence-corrected chi connectivity index (χ1v) is 13.2. The van der Waals surface area contributed by atoms with E-state index in [2.05, 4.69) is 24.3 Å². The summed E-state index contributed by atoms with van der Waals surface area (Å²) in [6.07, 6.45) is 2.77. The molecule has 3 aliphatic rings. The van der Waals surface area contributed by atoms with Crippen molar-refractivity contribution in [1.29, 1.82) is 0 Å². The highest BCUT2D eigenvalue weighted by molar-refractivity contribution is 5.87. The maximum absolute atomic E-state index is 13.5. The number of nitrogens with zero attached hydrogens (tertiary/aromatic N) is 2. The van der Waals surface area contributed by atoms with Crippen molar-refractivity contribution in [2.75, 3.05) is 44.2 Å². The van der Waals surface area contributed by atoms with Gasteiger partial charge in [0.05, 0.1) is 26.3 Å². The van der Waals surface area contributed by atoms with Crippen LogP contribution in [0.15, 0.2) is 91.0 Å². The van der Waals surface area contributed by atoms with Crippen LogP contribution in [0.2, 0.25) is 0 Å². The fourth-order valence-corrected chi connectivity index (χ4v) is 5.70. The van der Waals surface area contributed by atoms with E-state index in [9.17, 15) is 4.79 Å². The fraction of sp³-hybridized carbons (Fsp3) is 0.387. The molecule has 3 aromatic rings. The first-order valence-electron chi connectivity index (χ1n) is 13.2. The van der Waals surface area contributed by atoms with Crippen molar-refractivity contribution in [3.63, 3.8) is 0 Å². The van der Waals surface area contributed by atoms with Gasteiger partial charge in [0.2, 0.25) is 0 Å². The van der Waals surface area contributed by atoms with Gasteiger partial charge in [0.25, 0.3) is 0 Å². The molecule has 3 heterocycles. The molecule has 3 aliphatic heterocycles. The van der Waals surface area contributed by atoms with E-state index in [-0.39, 0.29) is 12.2 Å². The van der Waals surface area contributed by atoms with E-state index >= 15 is 0 Å². The lowest BCUT2D eigenvalue weighted by Gasteiger charge is -2.52. The largest absolute Gasteiger partial charge is 0.440 e. The lowest BCUT2D eigenvalue weighted by molar-refractivity contribution is -0.946. The molecule has 3 fully saturated rings. The summed E-state index contributed by atoms with van der Waals surface area (Å²) < 4.78 is 13.3. The Morgan fingerprint density at radius 3 is 2.11 bits per heavy atom. The average Bonchev–Trinajstić information content (AvgIpc) is 2.94. The highest BCUT2D eigenvalue weighted by Crippen LogP contribution is 2.36. The highest BCUT2D eigenvalue weighted by Gasteiger charge is 2.47. The quantitative estimate of drug-likeness (QED) is 0.273. The molecule has 188 valence electrons. The molecule has 0 spiro atoms. The van der Waals surface area contributed by atoms with E-state index in [0.717, 1.165) is 62.2 Å². The van der Waals surface area contributed by atoms with E-state index in [1.807, 2.05) is 66.7 Å². The Labute approximate surface area is 214 Å². The maximum Gasteiger partial charge on any atom is 0.414 e. The van der Waals surface area contributed by atoms with Gasteiger partial charge in [-0.2, -0.15) is 0 Å². The summed E-state index contributed by atoms with van der Waals surface area (Å²) in [4.78, 5) is 15.3. The van der Waals surface area contributed by atoms with Gasteiger partial charge in [-0.15, -0.1) is 0 Å². The summed E-state index contributed by atoms with van der Waals surface area (Å²) >= 11 is 0. The molecule has 2 bridgehead atoms. The van der Waals surface area contributed by atoms with Gasteiger partial charge in [-0.3, -0.25) is 4.90 Å². The van der Waals surface area contributed by atoms with Crippen LogP contribution in [0, 0.1) is 5.92 Å². The molecule has 3 saturated heterocycles. The van der Waals surface area contributed by atoms with Crippen molar-refractivity contribution in [1.82, 2.24) is 0 Å². The molecule has 36 heavy (non-hydrogen) atoms. The van der Waals surface area contributed by atoms with Gasteiger partial charge in [-0.25, -0.2) is 4.79 Å². The number of amides is 1. The Kier molecular flexibility index (Phi) is 7.99. The third kappa shape index (κ3) is 6.15. The first kappa shape index (κ1) is 24.5. The molecule has 3 aromatic carbocycles. The van der Waals surface area contributed by atoms with Crippen LogP contribution in [0.4, 0.5) is 10.5 Å². The van der Waals surface area contributed by atoms with Crippen LogP contribution in [0.1, 0.15) is 24.0 Å². The number of hydrogen-bond donors (Lipinski definition) is 0. The van der Waals surface area contributed by atoms with Crippen molar-refractivity contribution in [2.24, 2.45) is 5.92 Å². The molecule has 0 saturated carbocycles. The van der Waals surface area contributed by atoms with Crippen LogP contribution < -0.4 is 4.90 Å². The van der Waals surface area contributed by atoms with Gasteiger partial charge < -0.3 is 14.0 Å². The van der Waals surface area contributed by atoms with E-state index in [0.29, 0.717) is 19.1 Å². The zero-order valence-electron chi connectivity index (χ0n) is 21.0. The van der Waals surface area contributed by atoms with Gasteiger partial charge in [0.1, 0.15) is 13.1 Å². The van der Waals surface area contributed by atoms with Crippen LogP contribution >= 0.6 is 0 Å². The second-order valence-electron chi connectivity index (χ2n) is 10.2. The standard InChI is InChI=1S/C31H37N2O3/c34-31(32(29-14-8-3-9-15-29)19-16-26-10-4-1-5-11-26)36-30-24-33(20-17-28(30)18-21-33)22-23-35-25-27-12-6-2-7-13-27/h1-15,28,30H,16-25H2/q+1/t28?,30-,33?/m0/s1. The third-order valence-electron chi connectivity index (χ3n) is 7.87. The smallest absolute Gasteiger partial charge is 0.414 e. The van der Waals surface area contributed by atoms with Crippen LogP contribution in [0.3, 0.4) is 0 Å². The molecule has 0 unspecified atom stereocenters. The number of anilines is 1. The predicted molar refractivity (Wildman–Crippen MR) is 143 cm³/mol. The molecule has 0 radical (unpaired) electrons. The molecule has 0 aliphatic carbocycles. The number of ether oxygens (including phenoxy) is 2. The molecule has 1 amide bonds. The minimum atomic E-state index is -0.227. The Morgan fingerprint density at radius 2 is 1.44 bits per heavy atom. The minimum Gasteiger partial charge on any atom is -0.440 e. The third-order valence-corrected chi connectivity index (χ3v) is 7.87. The average molecular weight is 486 g/mol. The molecule has 1 atom stereocenters. The Morgan fingerprint density at radius 1 is 0.833 bits per heavy atom. The predicted octanol–water partition coefficient (Wildman–Crippen LogP) is 5.70. The number of fused-ring (bicyclic) bond motifs is 3. The Balaban J connectivity index is 1.19. The van der Waals surface area contributed by atoms with Crippen molar-refractivity contribution >= 4 is 11.8 Å². The fourth-order valence-electron chi connectivity index (χ4n) is 5.70. The van der Waals surface area contributed by atoms with Crippen LogP contribution in [-0.2, 0) is 22.5 Å². The number of para-hydroxylation sites is 1. The minimum absolute atomic E-state index is 0.0305. The zero-order valence-corrected chi connectivity index (χ0v) is 21.0. The maximum atomic E-state index is 13.5. The number of piperidine rings is 3. The summed E-state index contributed by atoms with van der Waals surface area (Å²) in [6, 6.07) is 30.5. The van der Waals surface area contributed by atoms with Crippen LogP contribution in [-0.4, -0.2) is 56.0 Å². The van der Waals surface area contributed by atoms with Gasteiger partial charge >= 0.3 is 6.09 Å². The number of hydrogen-bond acceptors (Lipinski definition) is 3. The SMILES string of the molecule is O=C(O[C@H]1C[N+]2(CCOCc3ccccc3)CCC1CC2)N(CCc1ccccc1)c1ccccc1. The van der Waals surface area contributed by atoms with E-state index in [4.69, 9.17) is 9.47 Å². The number of benzene rings is 3. The van der Waals surface area contributed by atoms with Crippen LogP contribution in [0.5, 0.6) is 0 Å². The van der Waals surface area contributed by atoms with Gasteiger partial charge in [0.15, 0.2) is 6.10 Å². The van der Waals surface area contributed by atoms with E-state index < -0.39 is 0 Å². The van der Waals surface area contributed by atoms with Gasteiger partial charge in [-0.1, -0.05) is 78.9 Å². The number of carbonyl (C=O) groups excluding carboxylic acids is 1. The monoisotopic (exact) mass is 485 g/mol. The number of carbonyl (C=O) groups is 1. The van der Waals surface area contributed by atoms with Gasteiger partial charge in [0, 0.05) is 31.0 Å². The second-order valence-corrected chi connectivity index (χ2v) is 10.2. The molecular weight excluding hydrogens is 448 g/mol.